The highest BCUT2D eigenvalue weighted by Gasteiger charge is 2.36. The van der Waals surface area contributed by atoms with Crippen molar-refractivity contribution in [3.05, 3.63) is 48.3 Å². The number of rotatable bonds is 9. The molecule has 6 nitrogen and oxygen atoms in total. The van der Waals surface area contributed by atoms with Gasteiger partial charge in [-0.2, -0.15) is 5.10 Å². The van der Waals surface area contributed by atoms with E-state index < -0.39 is 0 Å². The molecule has 0 radical (unpaired) electrons. The lowest BCUT2D eigenvalue weighted by Gasteiger charge is -2.42. The van der Waals surface area contributed by atoms with Crippen LogP contribution in [-0.4, -0.2) is 42.5 Å². The number of methoxy groups -OCH3 is 1. The van der Waals surface area contributed by atoms with Crippen LogP contribution in [0.5, 0.6) is 0 Å². The van der Waals surface area contributed by atoms with Gasteiger partial charge in [0.2, 0.25) is 0 Å². The van der Waals surface area contributed by atoms with Gasteiger partial charge in [-0.15, -0.1) is 0 Å². The van der Waals surface area contributed by atoms with Gasteiger partial charge in [-0.1, -0.05) is 24.6 Å². The van der Waals surface area contributed by atoms with Gasteiger partial charge in [0.1, 0.15) is 0 Å². The highest BCUT2D eigenvalue weighted by molar-refractivity contribution is 5.79. The number of benzene rings is 1. The van der Waals surface area contributed by atoms with Gasteiger partial charge in [0.15, 0.2) is 5.96 Å². The van der Waals surface area contributed by atoms with Crippen molar-refractivity contribution in [2.24, 2.45) is 10.4 Å². The molecule has 1 aromatic heterocycles. The first-order valence-corrected chi connectivity index (χ1v) is 9.85. The van der Waals surface area contributed by atoms with Gasteiger partial charge in [0.05, 0.1) is 12.2 Å². The zero-order chi connectivity index (χ0) is 19.0. The van der Waals surface area contributed by atoms with Crippen molar-refractivity contribution in [3.8, 4) is 5.69 Å². The summed E-state index contributed by atoms with van der Waals surface area (Å²) in [7, 11) is 1.78. The summed E-state index contributed by atoms with van der Waals surface area (Å²) in [4.78, 5) is 4.82. The van der Waals surface area contributed by atoms with Crippen LogP contribution in [0.3, 0.4) is 0 Å². The number of ether oxygens (including phenoxy) is 1. The highest BCUT2D eigenvalue weighted by Crippen LogP contribution is 2.43. The smallest absolute Gasteiger partial charge is 0.191 e. The van der Waals surface area contributed by atoms with Crippen LogP contribution in [-0.2, 0) is 11.3 Å². The quantitative estimate of drug-likeness (QED) is 0.526. The first-order valence-electron chi connectivity index (χ1n) is 9.85. The lowest BCUT2D eigenvalue weighted by atomic mass is 9.67. The zero-order valence-electron chi connectivity index (χ0n) is 16.4. The molecule has 1 fully saturated rings. The Labute approximate surface area is 162 Å². The number of hydrogen-bond acceptors (Lipinski definition) is 3. The van der Waals surface area contributed by atoms with Crippen molar-refractivity contribution in [2.45, 2.75) is 39.2 Å². The molecular formula is C21H31N5O. The van der Waals surface area contributed by atoms with E-state index in [0.29, 0.717) is 12.0 Å². The second kappa shape index (κ2) is 9.55. The summed E-state index contributed by atoms with van der Waals surface area (Å²) >= 11 is 0. The average molecular weight is 370 g/mol. The van der Waals surface area contributed by atoms with Crippen LogP contribution in [0.25, 0.3) is 5.69 Å². The van der Waals surface area contributed by atoms with Crippen LogP contribution in [0.2, 0.25) is 0 Å². The molecule has 3 rings (SSSR count). The summed E-state index contributed by atoms with van der Waals surface area (Å²) in [6.07, 6.45) is 8.72. The molecule has 0 amide bonds. The molecule has 0 aliphatic heterocycles. The number of nitrogens with zero attached hydrogens (tertiary/aromatic N) is 3. The van der Waals surface area contributed by atoms with Crippen LogP contribution in [0.4, 0.5) is 0 Å². The number of guanidine groups is 1. The van der Waals surface area contributed by atoms with E-state index in [2.05, 4.69) is 34.8 Å². The number of aliphatic imine (C=N–C) groups is 1. The molecule has 1 aromatic carbocycles. The molecule has 1 aliphatic rings. The third kappa shape index (κ3) is 5.10. The molecule has 1 saturated carbocycles. The Morgan fingerprint density at radius 1 is 1.26 bits per heavy atom. The maximum absolute atomic E-state index is 5.30. The molecular weight excluding hydrogens is 338 g/mol. The van der Waals surface area contributed by atoms with E-state index in [1.54, 1.807) is 13.3 Å². The Kier molecular flexibility index (Phi) is 6.87. The van der Waals surface area contributed by atoms with E-state index in [4.69, 9.17) is 9.73 Å². The molecule has 6 heteroatoms. The average Bonchev–Trinajstić information content (AvgIpc) is 3.19. The van der Waals surface area contributed by atoms with E-state index in [-0.39, 0.29) is 0 Å². The maximum atomic E-state index is 5.30. The number of para-hydroxylation sites is 1. The molecule has 1 heterocycles. The molecule has 0 saturated heterocycles. The van der Waals surface area contributed by atoms with Crippen LogP contribution < -0.4 is 10.6 Å². The van der Waals surface area contributed by atoms with E-state index >= 15 is 0 Å². The summed E-state index contributed by atoms with van der Waals surface area (Å²) < 4.78 is 7.19. The van der Waals surface area contributed by atoms with Crippen LogP contribution in [0.1, 0.15) is 38.2 Å². The van der Waals surface area contributed by atoms with Crippen LogP contribution >= 0.6 is 0 Å². The fraction of sp³-hybridized carbons (Fsp3) is 0.524. The first kappa shape index (κ1) is 19.4. The fourth-order valence-electron chi connectivity index (χ4n) is 3.57. The van der Waals surface area contributed by atoms with Gasteiger partial charge in [-0.3, -0.25) is 0 Å². The van der Waals surface area contributed by atoms with E-state index in [1.165, 1.54) is 19.3 Å². The minimum absolute atomic E-state index is 0.360. The molecule has 0 spiro atoms. The van der Waals surface area contributed by atoms with Gasteiger partial charge >= 0.3 is 0 Å². The van der Waals surface area contributed by atoms with Gasteiger partial charge in [-0.25, -0.2) is 9.67 Å². The van der Waals surface area contributed by atoms with Crippen molar-refractivity contribution in [2.75, 3.05) is 26.8 Å². The second-order valence-electron chi connectivity index (χ2n) is 7.22. The fourth-order valence-corrected chi connectivity index (χ4v) is 3.57. The molecule has 0 atom stereocenters. The minimum atomic E-state index is 0.360. The molecule has 0 bridgehead atoms. The summed E-state index contributed by atoms with van der Waals surface area (Å²) in [5.74, 6) is 0.872. The van der Waals surface area contributed by atoms with Gasteiger partial charge < -0.3 is 15.4 Å². The lowest BCUT2D eigenvalue weighted by molar-refractivity contribution is 0.0732. The minimum Gasteiger partial charge on any atom is -0.385 e. The predicted octanol–water partition coefficient (Wildman–Crippen LogP) is 3.13. The number of aromatic nitrogens is 2. The number of hydrogen-bond donors (Lipinski definition) is 2. The molecule has 2 N–H and O–H groups in total. The van der Waals surface area contributed by atoms with Crippen molar-refractivity contribution < 1.29 is 4.74 Å². The van der Waals surface area contributed by atoms with Crippen molar-refractivity contribution in [3.63, 3.8) is 0 Å². The monoisotopic (exact) mass is 369 g/mol. The Morgan fingerprint density at radius 3 is 2.78 bits per heavy atom. The summed E-state index contributed by atoms with van der Waals surface area (Å²) in [5.41, 5.74) is 2.58. The van der Waals surface area contributed by atoms with E-state index in [0.717, 1.165) is 43.3 Å². The predicted molar refractivity (Wildman–Crippen MR) is 109 cm³/mol. The zero-order valence-corrected chi connectivity index (χ0v) is 16.4. The van der Waals surface area contributed by atoms with E-state index in [9.17, 15) is 0 Å². The Hall–Kier alpha value is -2.34. The van der Waals surface area contributed by atoms with Crippen molar-refractivity contribution in [1.29, 1.82) is 0 Å². The van der Waals surface area contributed by atoms with Crippen molar-refractivity contribution >= 4 is 5.96 Å². The molecule has 0 unspecified atom stereocenters. The number of nitrogens with one attached hydrogen (secondary N) is 2. The van der Waals surface area contributed by atoms with Gasteiger partial charge in [0.25, 0.3) is 0 Å². The Morgan fingerprint density at radius 2 is 2.11 bits per heavy atom. The highest BCUT2D eigenvalue weighted by atomic mass is 16.5. The summed E-state index contributed by atoms with van der Waals surface area (Å²) in [6.45, 7) is 5.32. The normalized spacial score (nSPS) is 16.0. The first-order chi connectivity index (χ1) is 13.3. The van der Waals surface area contributed by atoms with Crippen LogP contribution in [0.15, 0.2) is 47.7 Å². The SMILES string of the molecule is CCNC(=NCc1ccccc1-n1cccn1)NCC1(CCOC)CCC1. The van der Waals surface area contributed by atoms with Crippen molar-refractivity contribution in [1.82, 2.24) is 20.4 Å². The van der Waals surface area contributed by atoms with E-state index in [1.807, 2.05) is 29.1 Å². The summed E-state index contributed by atoms with van der Waals surface area (Å²) in [5, 5.41) is 11.3. The van der Waals surface area contributed by atoms with Gasteiger partial charge in [-0.05, 0) is 49.3 Å². The molecule has 2 aromatic rings. The summed E-state index contributed by atoms with van der Waals surface area (Å²) in [6, 6.07) is 10.2. The molecule has 1 aliphatic carbocycles. The topological polar surface area (TPSA) is 63.5 Å². The lowest BCUT2D eigenvalue weighted by Crippen LogP contribution is -2.47. The largest absolute Gasteiger partial charge is 0.385 e. The Balaban J connectivity index is 1.66. The van der Waals surface area contributed by atoms with Crippen LogP contribution in [0, 0.1) is 5.41 Å². The third-order valence-corrected chi connectivity index (χ3v) is 5.38. The second-order valence-corrected chi connectivity index (χ2v) is 7.22. The standard InChI is InChI=1S/C21H31N5O/c1-3-22-20(24-17-21(10-6-11-21)12-15-27-2)23-16-18-8-4-5-9-19(18)26-14-7-13-25-26/h4-5,7-9,13-14H,3,6,10-12,15-17H2,1-2H3,(H2,22,23,24). The molecule has 27 heavy (non-hydrogen) atoms. The molecule has 146 valence electrons. The van der Waals surface area contributed by atoms with Gasteiger partial charge in [0, 0.05) is 39.2 Å². The maximum Gasteiger partial charge on any atom is 0.191 e. The Bertz CT molecular complexity index is 722. The third-order valence-electron chi connectivity index (χ3n) is 5.38.